The van der Waals surface area contributed by atoms with Gasteiger partial charge in [0.15, 0.2) is 0 Å². The predicted molar refractivity (Wildman–Crippen MR) is 107 cm³/mol. The van der Waals surface area contributed by atoms with Crippen LogP contribution in [0.25, 0.3) is 0 Å². The predicted octanol–water partition coefficient (Wildman–Crippen LogP) is 2.21. The van der Waals surface area contributed by atoms with Crippen molar-refractivity contribution in [3.63, 3.8) is 0 Å². The van der Waals surface area contributed by atoms with Crippen LogP contribution in [0.3, 0.4) is 0 Å². The molecule has 1 unspecified atom stereocenters. The number of nitrogens with zero attached hydrogens (tertiary/aromatic N) is 2. The van der Waals surface area contributed by atoms with Gasteiger partial charge in [0.1, 0.15) is 10.7 Å². The van der Waals surface area contributed by atoms with Crippen molar-refractivity contribution in [3.8, 4) is 0 Å². The zero-order valence-corrected chi connectivity index (χ0v) is 17.5. The van der Waals surface area contributed by atoms with Gasteiger partial charge in [-0.2, -0.15) is 4.31 Å². The number of carbonyl (C=O) groups excluding carboxylic acids is 1. The third kappa shape index (κ3) is 5.75. The lowest BCUT2D eigenvalue weighted by molar-refractivity contribution is -0.119. The van der Waals surface area contributed by atoms with E-state index >= 15 is 0 Å². The van der Waals surface area contributed by atoms with Crippen LogP contribution in [0.15, 0.2) is 52.5 Å². The lowest BCUT2D eigenvalue weighted by atomic mass is 10.1. The van der Waals surface area contributed by atoms with E-state index in [2.05, 4.69) is 10.3 Å². The largest absolute Gasteiger partial charge is 0.379 e. The minimum Gasteiger partial charge on any atom is -0.379 e. The Bertz CT molecular complexity index is 931. The molecule has 1 aromatic heterocycles. The van der Waals surface area contributed by atoms with Crippen molar-refractivity contribution in [1.29, 1.82) is 0 Å². The van der Waals surface area contributed by atoms with Gasteiger partial charge in [-0.3, -0.25) is 4.79 Å². The number of carbonyl (C=O) groups is 1. The molecular weight excluding hydrogens is 417 g/mol. The van der Waals surface area contributed by atoms with Gasteiger partial charge in [0.05, 0.1) is 30.0 Å². The van der Waals surface area contributed by atoms with Gasteiger partial charge in [0.25, 0.3) is 0 Å². The summed E-state index contributed by atoms with van der Waals surface area (Å²) in [7, 11) is -3.58. The third-order valence-electron chi connectivity index (χ3n) is 4.42. The quantitative estimate of drug-likeness (QED) is 0.666. The van der Waals surface area contributed by atoms with Gasteiger partial charge in [0.2, 0.25) is 15.9 Å². The van der Waals surface area contributed by atoms with Crippen LogP contribution in [-0.2, 0) is 19.6 Å². The van der Waals surface area contributed by atoms with Crippen LogP contribution in [0.4, 0.5) is 4.39 Å². The maximum atomic E-state index is 13.0. The molecule has 1 amide bonds. The fourth-order valence-corrected chi connectivity index (χ4v) is 4.81. The molecule has 2 aromatic rings. The number of ether oxygens (including phenoxy) is 1. The van der Waals surface area contributed by atoms with Crippen molar-refractivity contribution in [2.75, 3.05) is 32.1 Å². The van der Waals surface area contributed by atoms with Crippen molar-refractivity contribution >= 4 is 27.7 Å². The summed E-state index contributed by atoms with van der Waals surface area (Å²) in [5, 5.41) is 3.39. The van der Waals surface area contributed by atoms with E-state index in [9.17, 15) is 17.6 Å². The molecule has 0 spiro atoms. The molecule has 156 valence electrons. The lowest BCUT2D eigenvalue weighted by Crippen LogP contribution is -2.40. The van der Waals surface area contributed by atoms with Crippen molar-refractivity contribution in [2.24, 2.45) is 0 Å². The molecule has 1 aromatic carbocycles. The summed E-state index contributed by atoms with van der Waals surface area (Å²) in [4.78, 5) is 16.4. The van der Waals surface area contributed by atoms with E-state index in [0.717, 1.165) is 5.56 Å². The van der Waals surface area contributed by atoms with Gasteiger partial charge in [-0.1, -0.05) is 23.9 Å². The van der Waals surface area contributed by atoms with Crippen molar-refractivity contribution in [3.05, 3.63) is 54.0 Å². The maximum absolute atomic E-state index is 13.0. The molecule has 7 nitrogen and oxygen atoms in total. The van der Waals surface area contributed by atoms with Gasteiger partial charge < -0.3 is 10.1 Å². The Balaban J connectivity index is 1.53. The van der Waals surface area contributed by atoms with Crippen LogP contribution in [0.5, 0.6) is 0 Å². The van der Waals surface area contributed by atoms with Crippen LogP contribution < -0.4 is 5.32 Å². The first kappa shape index (κ1) is 21.7. The molecule has 1 aliphatic heterocycles. The molecule has 1 N–H and O–H groups in total. The van der Waals surface area contributed by atoms with Gasteiger partial charge >= 0.3 is 0 Å². The number of amides is 1. The zero-order chi connectivity index (χ0) is 20.9. The normalized spacial score (nSPS) is 16.3. The van der Waals surface area contributed by atoms with Crippen LogP contribution in [-0.4, -0.2) is 55.7 Å². The highest BCUT2D eigenvalue weighted by Gasteiger charge is 2.26. The Morgan fingerprint density at radius 2 is 1.93 bits per heavy atom. The Morgan fingerprint density at radius 3 is 2.55 bits per heavy atom. The Labute approximate surface area is 173 Å². The second-order valence-corrected chi connectivity index (χ2v) is 9.41. The first-order valence-corrected chi connectivity index (χ1v) is 11.5. The van der Waals surface area contributed by atoms with Gasteiger partial charge in [-0.25, -0.2) is 17.8 Å². The summed E-state index contributed by atoms with van der Waals surface area (Å²) in [5.41, 5.74) is 0.806. The minimum atomic E-state index is -3.58. The number of hydrogen-bond acceptors (Lipinski definition) is 6. The summed E-state index contributed by atoms with van der Waals surface area (Å²) in [5.74, 6) is -0.389. The zero-order valence-electron chi connectivity index (χ0n) is 15.9. The van der Waals surface area contributed by atoms with Crippen molar-refractivity contribution < 1.29 is 22.3 Å². The molecule has 2 heterocycles. The molecule has 1 aliphatic rings. The van der Waals surface area contributed by atoms with Crippen molar-refractivity contribution in [1.82, 2.24) is 14.6 Å². The number of halogens is 1. The molecule has 1 saturated heterocycles. The maximum Gasteiger partial charge on any atom is 0.244 e. The first-order chi connectivity index (χ1) is 13.9. The van der Waals surface area contributed by atoms with E-state index in [1.165, 1.54) is 40.5 Å². The van der Waals surface area contributed by atoms with Crippen molar-refractivity contribution in [2.45, 2.75) is 22.9 Å². The second kappa shape index (κ2) is 9.66. The van der Waals surface area contributed by atoms with Crippen LogP contribution in [0.2, 0.25) is 0 Å². The number of pyridine rings is 1. The number of benzene rings is 1. The average Bonchev–Trinajstić information content (AvgIpc) is 2.73. The fourth-order valence-electron chi connectivity index (χ4n) is 2.80. The van der Waals surface area contributed by atoms with E-state index in [-0.39, 0.29) is 28.4 Å². The highest BCUT2D eigenvalue weighted by molar-refractivity contribution is 7.99. The second-order valence-electron chi connectivity index (χ2n) is 6.48. The van der Waals surface area contributed by atoms with Crippen LogP contribution in [0, 0.1) is 5.82 Å². The van der Waals surface area contributed by atoms with Gasteiger partial charge in [0, 0.05) is 19.3 Å². The number of morpholine rings is 1. The molecule has 0 saturated carbocycles. The molecule has 10 heteroatoms. The number of rotatable bonds is 7. The number of hydrogen-bond donors (Lipinski definition) is 1. The lowest BCUT2D eigenvalue weighted by Gasteiger charge is -2.25. The molecule has 29 heavy (non-hydrogen) atoms. The van der Waals surface area contributed by atoms with Crippen LogP contribution >= 0.6 is 11.8 Å². The Morgan fingerprint density at radius 1 is 1.24 bits per heavy atom. The summed E-state index contributed by atoms with van der Waals surface area (Å²) in [6, 6.07) is 8.79. The number of nitrogens with one attached hydrogen (secondary N) is 1. The van der Waals surface area contributed by atoms with E-state index in [1.54, 1.807) is 18.2 Å². The standard InChI is InChI=1S/C19H22FN3O4S2/c1-14(15-2-4-16(20)5-3-15)22-18(24)13-28-19-7-6-17(12-21-19)29(25,26)23-8-10-27-11-9-23/h2-7,12,14H,8-11,13H2,1H3,(H,22,24). The molecule has 3 rings (SSSR count). The first-order valence-electron chi connectivity index (χ1n) is 9.08. The summed E-state index contributed by atoms with van der Waals surface area (Å²) in [6.45, 7) is 3.23. The van der Waals surface area contributed by atoms with E-state index < -0.39 is 10.0 Å². The topological polar surface area (TPSA) is 88.6 Å². The van der Waals surface area contributed by atoms with E-state index in [1.807, 2.05) is 6.92 Å². The van der Waals surface area contributed by atoms with Gasteiger partial charge in [-0.05, 0) is 36.8 Å². The van der Waals surface area contributed by atoms with Gasteiger partial charge in [-0.15, -0.1) is 0 Å². The summed E-state index contributed by atoms with van der Waals surface area (Å²) < 4.78 is 44.7. The minimum absolute atomic E-state index is 0.123. The monoisotopic (exact) mass is 439 g/mol. The highest BCUT2D eigenvalue weighted by atomic mass is 32.2. The van der Waals surface area contributed by atoms with Crippen LogP contribution in [0.1, 0.15) is 18.5 Å². The number of thioether (sulfide) groups is 1. The molecule has 1 atom stereocenters. The molecule has 1 fully saturated rings. The summed E-state index contributed by atoms with van der Waals surface area (Å²) >= 11 is 1.21. The highest BCUT2D eigenvalue weighted by Crippen LogP contribution is 2.21. The number of aromatic nitrogens is 1. The SMILES string of the molecule is CC(NC(=O)CSc1ccc(S(=O)(=O)N2CCOCC2)cn1)c1ccc(F)cc1. The fraction of sp³-hybridized carbons (Fsp3) is 0.368. The molecule has 0 bridgehead atoms. The smallest absolute Gasteiger partial charge is 0.244 e. The molecular formula is C19H22FN3O4S2. The van der Waals surface area contributed by atoms with E-state index in [4.69, 9.17) is 4.74 Å². The molecule has 0 radical (unpaired) electrons. The Hall–Kier alpha value is -2.01. The number of sulfonamides is 1. The third-order valence-corrected chi connectivity index (χ3v) is 7.24. The average molecular weight is 440 g/mol. The summed E-state index contributed by atoms with van der Waals surface area (Å²) in [6.07, 6.45) is 1.31. The van der Waals surface area contributed by atoms with E-state index in [0.29, 0.717) is 31.3 Å². The Kier molecular flexibility index (Phi) is 7.23. The molecule has 0 aliphatic carbocycles.